The summed E-state index contributed by atoms with van der Waals surface area (Å²) in [6, 6.07) is 95.9. The van der Waals surface area contributed by atoms with E-state index in [0.29, 0.717) is 0 Å². The summed E-state index contributed by atoms with van der Waals surface area (Å²) in [4.78, 5) is 2.31. The van der Waals surface area contributed by atoms with E-state index in [4.69, 9.17) is 4.42 Å². The lowest BCUT2D eigenvalue weighted by atomic mass is 9.95. The molecule has 11 aromatic carbocycles. The maximum Gasteiger partial charge on any atom is 0.143 e. The molecule has 0 radical (unpaired) electrons. The minimum atomic E-state index is 0.873. The molecule has 69 heavy (non-hydrogen) atoms. The van der Waals surface area contributed by atoms with Crippen molar-refractivity contribution in [3.05, 3.63) is 267 Å². The topological polar surface area (TPSA) is 21.3 Å². The molecule has 324 valence electrons. The second-order valence-electron chi connectivity index (χ2n) is 17.7. The van der Waals surface area contributed by atoms with E-state index in [9.17, 15) is 0 Å². The molecule has 3 nitrogen and oxygen atoms in total. The average molecular weight is 881 g/mol. The number of hydrogen-bond donors (Lipinski definition) is 0. The first-order valence-corrected chi connectivity index (χ1v) is 23.6. The number of aromatic nitrogens is 1. The van der Waals surface area contributed by atoms with E-state index in [1.165, 1.54) is 49.6 Å². The molecule has 0 fully saturated rings. The summed E-state index contributed by atoms with van der Waals surface area (Å²) in [7, 11) is 0. The molecule has 0 N–H and O–H groups in total. The van der Waals surface area contributed by atoms with Crippen LogP contribution in [-0.4, -0.2) is 4.57 Å². The highest BCUT2D eigenvalue weighted by Gasteiger charge is 2.18. The van der Waals surface area contributed by atoms with Gasteiger partial charge in [0.1, 0.15) is 11.2 Å². The zero-order valence-corrected chi connectivity index (χ0v) is 37.7. The van der Waals surface area contributed by atoms with E-state index in [1.54, 1.807) is 0 Å². The van der Waals surface area contributed by atoms with Crippen LogP contribution in [0.3, 0.4) is 0 Å². The predicted octanol–water partition coefficient (Wildman–Crippen LogP) is 18.5. The standard InChI is InChI=1S/C66H44N2O/c1-4-17-45(18-5-1)51-35-37-64-61(43-51)59-31-10-11-34-63(59)68(64)57-30-15-24-53(42-57)58-32-16-33-60-62-44-52(36-38-65(62)69-66(58)60)49-22-13-20-47(40-49)46-19-12-21-48(39-46)50-23-14-29-56(41-50)67(54-25-6-2-7-26-54)55-27-8-3-9-28-55/h1-44H. The van der Waals surface area contributed by atoms with Crippen molar-refractivity contribution >= 4 is 60.8 Å². The molecule has 3 heteroatoms. The van der Waals surface area contributed by atoms with Crippen LogP contribution in [0.4, 0.5) is 17.1 Å². The van der Waals surface area contributed by atoms with Gasteiger partial charge in [-0.15, -0.1) is 0 Å². The van der Waals surface area contributed by atoms with Crippen LogP contribution in [0.5, 0.6) is 0 Å². The second-order valence-corrected chi connectivity index (χ2v) is 17.7. The highest BCUT2D eigenvalue weighted by Crippen LogP contribution is 2.41. The maximum atomic E-state index is 6.77. The summed E-state index contributed by atoms with van der Waals surface area (Å²) in [6.07, 6.45) is 0. The van der Waals surface area contributed by atoms with Gasteiger partial charge in [-0.2, -0.15) is 0 Å². The molecule has 0 saturated heterocycles. The van der Waals surface area contributed by atoms with Crippen LogP contribution < -0.4 is 4.90 Å². The van der Waals surface area contributed by atoms with Crippen molar-refractivity contribution in [3.8, 4) is 61.3 Å². The van der Waals surface area contributed by atoms with Gasteiger partial charge in [0, 0.05) is 49.9 Å². The largest absolute Gasteiger partial charge is 0.455 e. The van der Waals surface area contributed by atoms with Gasteiger partial charge in [0.2, 0.25) is 0 Å². The lowest BCUT2D eigenvalue weighted by Gasteiger charge is -2.26. The van der Waals surface area contributed by atoms with Crippen LogP contribution in [0, 0.1) is 0 Å². The fraction of sp³-hybridized carbons (Fsp3) is 0. The first kappa shape index (κ1) is 40.1. The Balaban J connectivity index is 0.829. The van der Waals surface area contributed by atoms with Gasteiger partial charge in [-0.25, -0.2) is 0 Å². The zero-order chi connectivity index (χ0) is 45.7. The molecule has 0 atom stereocenters. The van der Waals surface area contributed by atoms with Gasteiger partial charge >= 0.3 is 0 Å². The summed E-state index contributed by atoms with van der Waals surface area (Å²) < 4.78 is 9.16. The Hall–Kier alpha value is -9.18. The SMILES string of the molecule is c1ccc(-c2ccc3c(c2)c2ccccc2n3-c2cccc(-c3cccc4c3oc3ccc(-c5cccc(-c6cccc(-c7cccc(N(c8ccccc8)c8ccccc8)c7)c6)c5)cc34)c2)cc1. The van der Waals surface area contributed by atoms with Crippen molar-refractivity contribution in [1.29, 1.82) is 0 Å². The van der Waals surface area contributed by atoms with Crippen molar-refractivity contribution in [2.45, 2.75) is 0 Å². The lowest BCUT2D eigenvalue weighted by molar-refractivity contribution is 0.670. The Kier molecular flexibility index (Phi) is 9.84. The third kappa shape index (κ3) is 7.25. The van der Waals surface area contributed by atoms with Gasteiger partial charge < -0.3 is 13.9 Å². The predicted molar refractivity (Wildman–Crippen MR) is 290 cm³/mol. The number of hydrogen-bond acceptors (Lipinski definition) is 2. The van der Waals surface area contributed by atoms with E-state index < -0.39 is 0 Å². The van der Waals surface area contributed by atoms with E-state index >= 15 is 0 Å². The number of benzene rings is 11. The minimum absolute atomic E-state index is 0.873. The molecule has 0 aliphatic carbocycles. The third-order valence-corrected chi connectivity index (χ3v) is 13.6. The summed E-state index contributed by atoms with van der Waals surface area (Å²) in [5.74, 6) is 0. The Labute approximate surface area is 401 Å². The van der Waals surface area contributed by atoms with E-state index in [1.807, 2.05) is 0 Å². The van der Waals surface area contributed by atoms with Crippen LogP contribution in [0.1, 0.15) is 0 Å². The second kappa shape index (κ2) is 16.9. The number of rotatable bonds is 9. The highest BCUT2D eigenvalue weighted by molar-refractivity contribution is 6.12. The van der Waals surface area contributed by atoms with Crippen LogP contribution in [0.2, 0.25) is 0 Å². The Bertz CT molecular complexity index is 3980. The van der Waals surface area contributed by atoms with Gasteiger partial charge in [0.05, 0.1) is 11.0 Å². The fourth-order valence-electron chi connectivity index (χ4n) is 10.3. The number of para-hydroxylation sites is 4. The van der Waals surface area contributed by atoms with Gasteiger partial charge in [-0.3, -0.25) is 0 Å². The molecule has 0 aliphatic rings. The van der Waals surface area contributed by atoms with Crippen LogP contribution >= 0.6 is 0 Å². The number of furan rings is 1. The molecule has 0 saturated carbocycles. The zero-order valence-electron chi connectivity index (χ0n) is 37.7. The van der Waals surface area contributed by atoms with Crippen molar-refractivity contribution < 1.29 is 4.42 Å². The van der Waals surface area contributed by atoms with E-state index in [0.717, 1.165) is 72.5 Å². The summed E-state index contributed by atoms with van der Waals surface area (Å²) >= 11 is 0. The lowest BCUT2D eigenvalue weighted by Crippen LogP contribution is -2.09. The molecule has 0 unspecified atom stereocenters. The average Bonchev–Trinajstić information content (AvgIpc) is 3.97. The van der Waals surface area contributed by atoms with Gasteiger partial charge in [-0.1, -0.05) is 176 Å². The third-order valence-electron chi connectivity index (χ3n) is 13.6. The highest BCUT2D eigenvalue weighted by atomic mass is 16.3. The van der Waals surface area contributed by atoms with Crippen molar-refractivity contribution in [1.82, 2.24) is 4.57 Å². The van der Waals surface area contributed by atoms with Crippen molar-refractivity contribution in [2.75, 3.05) is 4.90 Å². The van der Waals surface area contributed by atoms with Gasteiger partial charge in [-0.05, 0) is 141 Å². The molecule has 0 bridgehead atoms. The van der Waals surface area contributed by atoms with Crippen molar-refractivity contribution in [2.24, 2.45) is 0 Å². The van der Waals surface area contributed by atoms with Crippen molar-refractivity contribution in [3.63, 3.8) is 0 Å². The quantitative estimate of drug-likeness (QED) is 0.144. The summed E-state index contributed by atoms with van der Waals surface area (Å²) in [6.45, 7) is 0. The maximum absolute atomic E-state index is 6.77. The van der Waals surface area contributed by atoms with Gasteiger partial charge in [0.15, 0.2) is 0 Å². The smallest absolute Gasteiger partial charge is 0.143 e. The summed E-state index contributed by atoms with van der Waals surface area (Å²) in [5.41, 5.74) is 20.2. The molecule has 13 rings (SSSR count). The molecule has 0 aliphatic heterocycles. The number of fused-ring (bicyclic) bond motifs is 6. The monoisotopic (exact) mass is 880 g/mol. The molecular weight excluding hydrogens is 837 g/mol. The van der Waals surface area contributed by atoms with Crippen LogP contribution in [0.15, 0.2) is 271 Å². The first-order valence-electron chi connectivity index (χ1n) is 23.6. The molecular formula is C66H44N2O. The molecule has 13 aromatic rings. The first-order chi connectivity index (χ1) is 34.2. The number of anilines is 3. The molecule has 2 aromatic heterocycles. The normalized spacial score (nSPS) is 11.5. The minimum Gasteiger partial charge on any atom is -0.455 e. The van der Waals surface area contributed by atoms with E-state index in [2.05, 4.69) is 276 Å². The number of nitrogens with zero attached hydrogens (tertiary/aromatic N) is 2. The molecule has 2 heterocycles. The van der Waals surface area contributed by atoms with Crippen LogP contribution in [0.25, 0.3) is 105 Å². The van der Waals surface area contributed by atoms with Crippen LogP contribution in [-0.2, 0) is 0 Å². The molecule has 0 spiro atoms. The fourth-order valence-corrected chi connectivity index (χ4v) is 10.3. The van der Waals surface area contributed by atoms with E-state index in [-0.39, 0.29) is 0 Å². The Morgan fingerprint density at radius 1 is 0.275 bits per heavy atom. The van der Waals surface area contributed by atoms with Gasteiger partial charge in [0.25, 0.3) is 0 Å². The Morgan fingerprint density at radius 2 is 0.754 bits per heavy atom. The molecule has 0 amide bonds. The summed E-state index contributed by atoms with van der Waals surface area (Å²) in [5, 5.41) is 4.68. The Morgan fingerprint density at radius 3 is 1.46 bits per heavy atom.